The molecule has 0 unspecified atom stereocenters. The molecule has 4 aromatic rings. The lowest BCUT2D eigenvalue weighted by Gasteiger charge is -2.26. The smallest absolute Gasteiger partial charge is 0.325 e. The summed E-state index contributed by atoms with van der Waals surface area (Å²) in [6.45, 7) is 1.30. The van der Waals surface area contributed by atoms with Gasteiger partial charge in [0.1, 0.15) is 6.54 Å². The van der Waals surface area contributed by atoms with Crippen LogP contribution < -0.4 is 14.3 Å². The van der Waals surface area contributed by atoms with Gasteiger partial charge in [0.25, 0.3) is 20.0 Å². The average Bonchev–Trinajstić information content (AvgIpc) is 2.96. The van der Waals surface area contributed by atoms with Gasteiger partial charge in [-0.1, -0.05) is 49.4 Å². The molecule has 4 aromatic carbocycles. The number of rotatable bonds is 10. The third kappa shape index (κ3) is 7.09. The first-order chi connectivity index (χ1) is 19.8. The van der Waals surface area contributed by atoms with Gasteiger partial charge >= 0.3 is 6.18 Å². The van der Waals surface area contributed by atoms with Crippen molar-refractivity contribution in [3.05, 3.63) is 114 Å². The Kier molecular flexibility index (Phi) is 8.92. The van der Waals surface area contributed by atoms with Gasteiger partial charge in [0.05, 0.1) is 21.0 Å². The van der Waals surface area contributed by atoms with Crippen LogP contribution in [0.3, 0.4) is 0 Å². The molecule has 13 heteroatoms. The van der Waals surface area contributed by atoms with E-state index in [1.165, 1.54) is 30.3 Å². The van der Waals surface area contributed by atoms with Crippen LogP contribution in [-0.4, -0.2) is 29.3 Å². The third-order valence-corrected chi connectivity index (χ3v) is 9.32. The number of benzene rings is 4. The summed E-state index contributed by atoms with van der Waals surface area (Å²) < 4.78 is 94.8. The summed E-state index contributed by atoms with van der Waals surface area (Å²) in [4.78, 5) is 12.8. The van der Waals surface area contributed by atoms with Gasteiger partial charge in [-0.2, -0.15) is 13.2 Å². The topological polar surface area (TPSA) is 113 Å². The van der Waals surface area contributed by atoms with Crippen molar-refractivity contribution in [1.82, 2.24) is 0 Å². The van der Waals surface area contributed by atoms with Gasteiger partial charge in [0.2, 0.25) is 5.91 Å². The number of sulfonamides is 2. The van der Waals surface area contributed by atoms with Crippen molar-refractivity contribution in [2.75, 3.05) is 20.9 Å². The van der Waals surface area contributed by atoms with E-state index in [0.717, 1.165) is 28.6 Å². The number of para-hydroxylation sites is 1. The molecule has 0 aromatic heterocycles. The quantitative estimate of drug-likeness (QED) is 0.230. The monoisotopic (exact) mass is 617 g/mol. The van der Waals surface area contributed by atoms with Gasteiger partial charge in [-0.3, -0.25) is 13.8 Å². The summed E-state index contributed by atoms with van der Waals surface area (Å²) in [6.07, 6.45) is -4.13. The fourth-order valence-electron chi connectivity index (χ4n) is 4.09. The second kappa shape index (κ2) is 12.2. The van der Waals surface area contributed by atoms with Crippen molar-refractivity contribution in [2.45, 2.75) is 29.3 Å². The number of hydrogen-bond acceptors (Lipinski definition) is 5. The van der Waals surface area contributed by atoms with E-state index < -0.39 is 44.2 Å². The Morgan fingerprint density at radius 2 is 1.40 bits per heavy atom. The number of amides is 1. The number of hydrogen-bond donors (Lipinski definition) is 2. The number of anilines is 3. The number of halogens is 3. The highest BCUT2D eigenvalue weighted by Gasteiger charge is 2.31. The zero-order valence-corrected chi connectivity index (χ0v) is 23.8. The number of carbonyl (C=O) groups is 1. The molecule has 220 valence electrons. The maximum absolute atomic E-state index is 13.6. The van der Waals surface area contributed by atoms with E-state index in [2.05, 4.69) is 10.0 Å². The minimum Gasteiger partial charge on any atom is -0.325 e. The minimum atomic E-state index is -4.64. The Labute approximate surface area is 241 Å². The Balaban J connectivity index is 1.53. The third-order valence-electron chi connectivity index (χ3n) is 6.15. The standard InChI is InChI=1S/C29H26F3N3O5S2/c1-2-21-9-6-7-14-27(21)35(42(39,40)26-12-4-3-5-13-26)20-28(36)33-23-15-17-25(18-16-23)41(37,38)34-24-11-8-10-22(19-24)29(30,31)32/h3-19,34H,2,20H2,1H3,(H,33,36). The Bertz CT molecular complexity index is 1780. The summed E-state index contributed by atoms with van der Waals surface area (Å²) >= 11 is 0. The first-order valence-electron chi connectivity index (χ1n) is 12.6. The first-order valence-corrected chi connectivity index (χ1v) is 15.5. The SMILES string of the molecule is CCc1ccccc1N(CC(=O)Nc1ccc(S(=O)(=O)Nc2cccc(C(F)(F)F)c2)cc1)S(=O)(=O)c1ccccc1. The maximum atomic E-state index is 13.6. The van der Waals surface area contributed by atoms with Crippen LogP contribution in [0.1, 0.15) is 18.1 Å². The van der Waals surface area contributed by atoms with E-state index in [1.54, 1.807) is 42.5 Å². The highest BCUT2D eigenvalue weighted by molar-refractivity contribution is 7.93. The molecule has 2 N–H and O–H groups in total. The first kappa shape index (κ1) is 30.6. The molecule has 0 aliphatic carbocycles. The van der Waals surface area contributed by atoms with Gasteiger partial charge in [-0.05, 0) is 72.6 Å². The fraction of sp³-hybridized carbons (Fsp3) is 0.138. The number of carbonyl (C=O) groups excluding carboxylic acids is 1. The van der Waals surface area contributed by atoms with Gasteiger partial charge in [-0.25, -0.2) is 16.8 Å². The highest BCUT2D eigenvalue weighted by atomic mass is 32.2. The fourth-order valence-corrected chi connectivity index (χ4v) is 6.62. The number of aryl methyl sites for hydroxylation is 1. The van der Waals surface area contributed by atoms with Crippen molar-refractivity contribution in [3.63, 3.8) is 0 Å². The van der Waals surface area contributed by atoms with E-state index in [9.17, 15) is 34.8 Å². The number of nitrogens with one attached hydrogen (secondary N) is 2. The summed E-state index contributed by atoms with van der Waals surface area (Å²) in [5, 5.41) is 2.57. The molecule has 0 saturated carbocycles. The Morgan fingerprint density at radius 1 is 0.762 bits per heavy atom. The normalized spacial score (nSPS) is 12.0. The summed E-state index contributed by atoms with van der Waals surface area (Å²) in [5.74, 6) is -0.682. The van der Waals surface area contributed by atoms with Crippen molar-refractivity contribution in [2.24, 2.45) is 0 Å². The lowest BCUT2D eigenvalue weighted by molar-refractivity contribution is -0.137. The van der Waals surface area contributed by atoms with Gasteiger partial charge in [-0.15, -0.1) is 0 Å². The average molecular weight is 618 g/mol. The molecule has 0 bridgehead atoms. The summed E-state index contributed by atoms with van der Waals surface area (Å²) in [5.41, 5.74) is -0.0347. The van der Waals surface area contributed by atoms with E-state index in [1.807, 2.05) is 6.92 Å². The number of nitrogens with zero attached hydrogens (tertiary/aromatic N) is 1. The molecule has 0 saturated heterocycles. The summed E-state index contributed by atoms with van der Waals surface area (Å²) in [7, 11) is -8.38. The van der Waals surface area contributed by atoms with Crippen LogP contribution in [0.5, 0.6) is 0 Å². The predicted octanol–water partition coefficient (Wildman–Crippen LogP) is 5.90. The van der Waals surface area contributed by atoms with Crippen LogP contribution in [0.25, 0.3) is 0 Å². The molecule has 0 aliphatic rings. The maximum Gasteiger partial charge on any atom is 0.416 e. The molecule has 8 nitrogen and oxygen atoms in total. The van der Waals surface area contributed by atoms with E-state index in [4.69, 9.17) is 0 Å². The Hall–Kier alpha value is -4.36. The molecule has 0 fully saturated rings. The molecule has 0 radical (unpaired) electrons. The predicted molar refractivity (Wildman–Crippen MR) is 154 cm³/mol. The van der Waals surface area contributed by atoms with Crippen LogP contribution in [-0.2, 0) is 37.4 Å². The molecule has 0 atom stereocenters. The second-order valence-corrected chi connectivity index (χ2v) is 12.6. The van der Waals surface area contributed by atoms with Crippen LogP contribution in [0.2, 0.25) is 0 Å². The second-order valence-electron chi connectivity index (χ2n) is 9.06. The van der Waals surface area contributed by atoms with Crippen LogP contribution >= 0.6 is 0 Å². The van der Waals surface area contributed by atoms with E-state index in [-0.39, 0.29) is 21.2 Å². The zero-order valence-electron chi connectivity index (χ0n) is 22.2. The molecule has 0 heterocycles. The van der Waals surface area contributed by atoms with Crippen molar-refractivity contribution >= 4 is 43.0 Å². The molecule has 1 amide bonds. The molecular formula is C29H26F3N3O5S2. The minimum absolute atomic E-state index is 0.00605. The molecule has 4 rings (SSSR count). The molecule has 0 spiro atoms. The highest BCUT2D eigenvalue weighted by Crippen LogP contribution is 2.31. The largest absolute Gasteiger partial charge is 0.416 e. The van der Waals surface area contributed by atoms with Crippen molar-refractivity contribution in [1.29, 1.82) is 0 Å². The van der Waals surface area contributed by atoms with E-state index >= 15 is 0 Å². The lowest BCUT2D eigenvalue weighted by atomic mass is 10.1. The molecular weight excluding hydrogens is 591 g/mol. The number of alkyl halides is 3. The van der Waals surface area contributed by atoms with Gasteiger partial charge in [0.15, 0.2) is 0 Å². The lowest BCUT2D eigenvalue weighted by Crippen LogP contribution is -2.38. The van der Waals surface area contributed by atoms with Crippen molar-refractivity contribution < 1.29 is 34.8 Å². The van der Waals surface area contributed by atoms with Gasteiger partial charge in [0, 0.05) is 11.4 Å². The van der Waals surface area contributed by atoms with Crippen LogP contribution in [0, 0.1) is 0 Å². The molecule has 0 aliphatic heterocycles. The van der Waals surface area contributed by atoms with Crippen molar-refractivity contribution in [3.8, 4) is 0 Å². The van der Waals surface area contributed by atoms with Crippen LogP contribution in [0.4, 0.5) is 30.2 Å². The Morgan fingerprint density at radius 3 is 2.05 bits per heavy atom. The van der Waals surface area contributed by atoms with Gasteiger partial charge < -0.3 is 5.32 Å². The zero-order chi connectivity index (χ0) is 30.5. The van der Waals surface area contributed by atoms with E-state index in [0.29, 0.717) is 23.7 Å². The molecule has 42 heavy (non-hydrogen) atoms. The summed E-state index contributed by atoms with van der Waals surface area (Å²) in [6, 6.07) is 23.2. The van der Waals surface area contributed by atoms with Crippen LogP contribution in [0.15, 0.2) is 113 Å².